The summed E-state index contributed by atoms with van der Waals surface area (Å²) in [6, 6.07) is 14.8. The number of hydrogen-bond acceptors (Lipinski definition) is 7. The van der Waals surface area contributed by atoms with Gasteiger partial charge in [0.15, 0.2) is 11.0 Å². The highest BCUT2D eigenvalue weighted by atomic mass is 35.5. The molecule has 10 heteroatoms. The SMILES string of the molecule is CC(C)CCn1c(=O)c2ccccc2n2c(SCc3noc(-c4ccc(Cl)cc4)n3)nnc12. The van der Waals surface area contributed by atoms with Crippen LogP contribution < -0.4 is 5.56 Å². The van der Waals surface area contributed by atoms with Crippen LogP contribution in [0.1, 0.15) is 26.1 Å². The Bertz CT molecular complexity index is 1490. The average molecular weight is 481 g/mol. The number of aryl methyl sites for hydroxylation is 1. The number of aromatic nitrogens is 6. The molecule has 0 saturated heterocycles. The van der Waals surface area contributed by atoms with Crippen LogP contribution in [0.3, 0.4) is 0 Å². The minimum Gasteiger partial charge on any atom is -0.334 e. The predicted molar refractivity (Wildman–Crippen MR) is 129 cm³/mol. The lowest BCUT2D eigenvalue weighted by Crippen LogP contribution is -2.24. The van der Waals surface area contributed by atoms with Crippen molar-refractivity contribution >= 4 is 40.0 Å². The topological polar surface area (TPSA) is 91.1 Å². The molecule has 0 bridgehead atoms. The average Bonchev–Trinajstić information content (AvgIpc) is 3.45. The lowest BCUT2D eigenvalue weighted by Gasteiger charge is -2.12. The Kier molecular flexibility index (Phi) is 5.90. The predicted octanol–water partition coefficient (Wildman–Crippen LogP) is 5.09. The number of thioether (sulfide) groups is 1. The van der Waals surface area contributed by atoms with Crippen LogP contribution in [0.4, 0.5) is 0 Å². The van der Waals surface area contributed by atoms with Gasteiger partial charge >= 0.3 is 0 Å². The first-order valence-electron chi connectivity index (χ1n) is 10.6. The molecule has 0 radical (unpaired) electrons. The van der Waals surface area contributed by atoms with Gasteiger partial charge in [-0.25, -0.2) is 0 Å². The van der Waals surface area contributed by atoms with Gasteiger partial charge in [-0.05, 0) is 48.7 Å². The lowest BCUT2D eigenvalue weighted by atomic mass is 10.1. The van der Waals surface area contributed by atoms with Crippen LogP contribution in [0, 0.1) is 5.92 Å². The molecule has 0 aliphatic heterocycles. The van der Waals surface area contributed by atoms with E-state index in [4.69, 9.17) is 16.1 Å². The van der Waals surface area contributed by atoms with Crippen molar-refractivity contribution in [3.8, 4) is 11.5 Å². The summed E-state index contributed by atoms with van der Waals surface area (Å²) in [7, 11) is 0. The van der Waals surface area contributed by atoms with E-state index in [-0.39, 0.29) is 5.56 Å². The molecule has 0 atom stereocenters. The Balaban J connectivity index is 1.48. The van der Waals surface area contributed by atoms with Crippen molar-refractivity contribution in [2.45, 2.75) is 37.7 Å². The van der Waals surface area contributed by atoms with Crippen molar-refractivity contribution in [2.24, 2.45) is 5.92 Å². The first kappa shape index (κ1) is 21.7. The molecule has 5 rings (SSSR count). The summed E-state index contributed by atoms with van der Waals surface area (Å²) in [4.78, 5) is 17.6. The Morgan fingerprint density at radius 2 is 1.88 bits per heavy atom. The number of benzene rings is 2. The molecule has 0 saturated carbocycles. The van der Waals surface area contributed by atoms with E-state index in [2.05, 4.69) is 34.2 Å². The summed E-state index contributed by atoms with van der Waals surface area (Å²) in [5.74, 6) is 2.42. The third kappa shape index (κ3) is 4.26. The molecular formula is C23H21ClN6O2S. The number of hydrogen-bond donors (Lipinski definition) is 0. The summed E-state index contributed by atoms with van der Waals surface area (Å²) in [5.41, 5.74) is 1.53. The molecule has 168 valence electrons. The van der Waals surface area contributed by atoms with E-state index in [9.17, 15) is 4.79 Å². The van der Waals surface area contributed by atoms with Gasteiger partial charge in [-0.2, -0.15) is 4.98 Å². The second-order valence-electron chi connectivity index (χ2n) is 8.09. The number of fused-ring (bicyclic) bond motifs is 3. The van der Waals surface area contributed by atoms with Gasteiger partial charge < -0.3 is 4.52 Å². The second kappa shape index (κ2) is 8.99. The third-order valence-corrected chi connectivity index (χ3v) is 6.47. The molecule has 0 aliphatic rings. The van der Waals surface area contributed by atoms with Gasteiger partial charge in [-0.3, -0.25) is 13.8 Å². The van der Waals surface area contributed by atoms with E-state index < -0.39 is 0 Å². The summed E-state index contributed by atoms with van der Waals surface area (Å²) in [5, 5.41) is 14.8. The van der Waals surface area contributed by atoms with Crippen molar-refractivity contribution in [3.05, 3.63) is 69.7 Å². The van der Waals surface area contributed by atoms with E-state index in [1.54, 1.807) is 16.7 Å². The van der Waals surface area contributed by atoms with Gasteiger partial charge in [-0.15, -0.1) is 10.2 Å². The maximum Gasteiger partial charge on any atom is 0.262 e. The second-order valence-corrected chi connectivity index (χ2v) is 9.46. The zero-order chi connectivity index (χ0) is 22.9. The number of para-hydroxylation sites is 1. The Hall–Kier alpha value is -3.17. The van der Waals surface area contributed by atoms with E-state index in [0.29, 0.717) is 51.3 Å². The lowest BCUT2D eigenvalue weighted by molar-refractivity contribution is 0.425. The van der Waals surface area contributed by atoms with Gasteiger partial charge in [0.05, 0.1) is 16.7 Å². The number of nitrogens with zero attached hydrogens (tertiary/aromatic N) is 6. The standard InChI is InChI=1S/C23H21ClN6O2S/c1-14(2)11-12-29-21(31)17-5-3-4-6-18(17)30-22(29)26-27-23(30)33-13-19-25-20(32-28-19)15-7-9-16(24)10-8-15/h3-10,14H,11-13H2,1-2H3. The van der Waals surface area contributed by atoms with E-state index in [1.807, 2.05) is 40.8 Å². The largest absolute Gasteiger partial charge is 0.334 e. The van der Waals surface area contributed by atoms with Crippen LogP contribution in [0.2, 0.25) is 5.02 Å². The van der Waals surface area contributed by atoms with Crippen LogP contribution >= 0.6 is 23.4 Å². The molecule has 0 N–H and O–H groups in total. The molecule has 0 spiro atoms. The molecule has 0 fully saturated rings. The normalized spacial score (nSPS) is 11.8. The molecule has 33 heavy (non-hydrogen) atoms. The van der Waals surface area contributed by atoms with Crippen molar-refractivity contribution < 1.29 is 4.52 Å². The van der Waals surface area contributed by atoms with Gasteiger partial charge in [0.25, 0.3) is 11.4 Å². The number of rotatable bonds is 7. The first-order chi connectivity index (χ1) is 16.0. The fraction of sp³-hybridized carbons (Fsp3) is 0.261. The minimum atomic E-state index is -0.0477. The van der Waals surface area contributed by atoms with Gasteiger partial charge in [0, 0.05) is 17.1 Å². The summed E-state index contributed by atoms with van der Waals surface area (Å²) in [6.45, 7) is 4.86. The van der Waals surface area contributed by atoms with Gasteiger partial charge in [0.1, 0.15) is 0 Å². The third-order valence-electron chi connectivity index (χ3n) is 5.30. The monoisotopic (exact) mass is 480 g/mol. The van der Waals surface area contributed by atoms with Crippen molar-refractivity contribution in [1.82, 2.24) is 29.3 Å². The summed E-state index contributed by atoms with van der Waals surface area (Å²) >= 11 is 7.39. The maximum atomic E-state index is 13.1. The number of halogens is 1. The molecule has 2 aromatic carbocycles. The maximum absolute atomic E-state index is 13.1. The van der Waals surface area contributed by atoms with Crippen LogP contribution in [0.25, 0.3) is 28.1 Å². The highest BCUT2D eigenvalue weighted by Crippen LogP contribution is 2.26. The van der Waals surface area contributed by atoms with Crippen molar-refractivity contribution in [3.63, 3.8) is 0 Å². The Morgan fingerprint density at radius 3 is 2.67 bits per heavy atom. The zero-order valence-corrected chi connectivity index (χ0v) is 19.7. The van der Waals surface area contributed by atoms with Crippen molar-refractivity contribution in [1.29, 1.82) is 0 Å². The van der Waals surface area contributed by atoms with Crippen molar-refractivity contribution in [2.75, 3.05) is 0 Å². The van der Waals surface area contributed by atoms with Crippen LogP contribution in [0.5, 0.6) is 0 Å². The molecule has 3 aromatic heterocycles. The quantitative estimate of drug-likeness (QED) is 0.300. The Labute approximate surface area is 198 Å². The van der Waals surface area contributed by atoms with E-state index in [0.717, 1.165) is 17.5 Å². The molecule has 0 amide bonds. The highest BCUT2D eigenvalue weighted by molar-refractivity contribution is 7.98. The molecule has 0 unspecified atom stereocenters. The summed E-state index contributed by atoms with van der Waals surface area (Å²) < 4.78 is 9.05. The summed E-state index contributed by atoms with van der Waals surface area (Å²) in [6.07, 6.45) is 0.875. The molecular weight excluding hydrogens is 460 g/mol. The molecule has 8 nitrogen and oxygen atoms in total. The smallest absolute Gasteiger partial charge is 0.262 e. The van der Waals surface area contributed by atoms with E-state index >= 15 is 0 Å². The van der Waals surface area contributed by atoms with Gasteiger partial charge in [0.2, 0.25) is 5.78 Å². The Morgan fingerprint density at radius 1 is 1.09 bits per heavy atom. The fourth-order valence-electron chi connectivity index (χ4n) is 3.57. The fourth-order valence-corrected chi connectivity index (χ4v) is 4.48. The highest BCUT2D eigenvalue weighted by Gasteiger charge is 2.18. The van der Waals surface area contributed by atoms with Crippen LogP contribution in [-0.2, 0) is 12.3 Å². The molecule has 3 heterocycles. The first-order valence-corrected chi connectivity index (χ1v) is 12.0. The minimum absolute atomic E-state index is 0.0477. The zero-order valence-electron chi connectivity index (χ0n) is 18.1. The van der Waals surface area contributed by atoms with E-state index in [1.165, 1.54) is 11.8 Å². The van der Waals surface area contributed by atoms with Gasteiger partial charge in [-0.1, -0.05) is 54.5 Å². The molecule has 0 aliphatic carbocycles. The molecule has 5 aromatic rings. The van der Waals surface area contributed by atoms with Crippen LogP contribution in [0.15, 0.2) is 63.0 Å². The van der Waals surface area contributed by atoms with Crippen LogP contribution in [-0.4, -0.2) is 29.3 Å².